The van der Waals surface area contributed by atoms with Gasteiger partial charge in [-0.15, -0.1) is 0 Å². The highest BCUT2D eigenvalue weighted by Crippen LogP contribution is 2.28. The Morgan fingerprint density at radius 1 is 1.40 bits per heavy atom. The van der Waals surface area contributed by atoms with Crippen molar-refractivity contribution in [3.05, 3.63) is 46.0 Å². The van der Waals surface area contributed by atoms with Crippen molar-refractivity contribution in [2.75, 3.05) is 20.8 Å². The molecule has 0 spiro atoms. The molecule has 2 aromatic rings. The molecule has 0 radical (unpaired) electrons. The summed E-state index contributed by atoms with van der Waals surface area (Å²) in [6.07, 6.45) is 3.72. The maximum Gasteiger partial charge on any atom is 0.0772 e. The van der Waals surface area contributed by atoms with Gasteiger partial charge in [0.25, 0.3) is 0 Å². The highest BCUT2D eigenvalue weighted by molar-refractivity contribution is 9.10. The van der Waals surface area contributed by atoms with Gasteiger partial charge in [-0.3, -0.25) is 9.67 Å². The number of rotatable bonds is 6. The van der Waals surface area contributed by atoms with Crippen LogP contribution in [0.25, 0.3) is 0 Å². The minimum Gasteiger partial charge on any atom is -0.383 e. The lowest BCUT2D eigenvalue weighted by atomic mass is 10.1. The molecule has 0 fully saturated rings. The van der Waals surface area contributed by atoms with Gasteiger partial charge >= 0.3 is 0 Å². The van der Waals surface area contributed by atoms with E-state index in [1.165, 1.54) is 0 Å². The highest BCUT2D eigenvalue weighted by Gasteiger charge is 2.20. The summed E-state index contributed by atoms with van der Waals surface area (Å²) < 4.78 is 8.07. The van der Waals surface area contributed by atoms with Crippen molar-refractivity contribution in [3.63, 3.8) is 0 Å². The van der Waals surface area contributed by atoms with Gasteiger partial charge in [-0.05, 0) is 41.5 Å². The van der Waals surface area contributed by atoms with Crippen molar-refractivity contribution in [2.45, 2.75) is 19.5 Å². The molecule has 2 aromatic heterocycles. The molecule has 0 saturated carbocycles. The third kappa shape index (κ3) is 3.26. The summed E-state index contributed by atoms with van der Waals surface area (Å²) in [5.74, 6) is 0. The van der Waals surface area contributed by atoms with Gasteiger partial charge in [0, 0.05) is 19.0 Å². The largest absolute Gasteiger partial charge is 0.383 e. The molecule has 6 heteroatoms. The van der Waals surface area contributed by atoms with E-state index < -0.39 is 0 Å². The Kier molecular flexibility index (Phi) is 5.28. The van der Waals surface area contributed by atoms with Crippen molar-refractivity contribution < 1.29 is 4.74 Å². The second-order valence-electron chi connectivity index (χ2n) is 4.55. The number of nitrogens with zero attached hydrogens (tertiary/aromatic N) is 3. The van der Waals surface area contributed by atoms with Gasteiger partial charge < -0.3 is 10.1 Å². The van der Waals surface area contributed by atoms with Crippen molar-refractivity contribution in [3.8, 4) is 0 Å². The Morgan fingerprint density at radius 3 is 2.80 bits per heavy atom. The van der Waals surface area contributed by atoms with Gasteiger partial charge in [0.05, 0.1) is 35.6 Å². The average molecular weight is 339 g/mol. The van der Waals surface area contributed by atoms with Gasteiger partial charge in [0.1, 0.15) is 0 Å². The number of hydrogen-bond donors (Lipinski definition) is 1. The summed E-state index contributed by atoms with van der Waals surface area (Å²) in [6.45, 7) is 3.33. The summed E-state index contributed by atoms with van der Waals surface area (Å²) in [7, 11) is 3.63. The monoisotopic (exact) mass is 338 g/mol. The van der Waals surface area contributed by atoms with Gasteiger partial charge in [0.2, 0.25) is 0 Å². The molecule has 0 bridgehead atoms. The Hall–Kier alpha value is -1.24. The Balaban J connectivity index is 2.35. The van der Waals surface area contributed by atoms with Crippen LogP contribution in [0, 0.1) is 6.92 Å². The summed E-state index contributed by atoms with van der Waals surface area (Å²) >= 11 is 3.58. The van der Waals surface area contributed by atoms with E-state index in [1.54, 1.807) is 7.11 Å². The number of nitrogens with one attached hydrogen (secondary N) is 1. The lowest BCUT2D eigenvalue weighted by Crippen LogP contribution is -2.23. The van der Waals surface area contributed by atoms with E-state index in [-0.39, 0.29) is 6.04 Å². The van der Waals surface area contributed by atoms with E-state index in [4.69, 9.17) is 4.74 Å². The number of halogens is 1. The lowest BCUT2D eigenvalue weighted by Gasteiger charge is -2.19. The predicted molar refractivity (Wildman–Crippen MR) is 81.7 cm³/mol. The van der Waals surface area contributed by atoms with Gasteiger partial charge in [0.15, 0.2) is 0 Å². The number of aryl methyl sites for hydroxylation is 1. The molecule has 1 N–H and O–H groups in total. The maximum absolute atomic E-state index is 5.14. The minimum atomic E-state index is 0.0387. The molecule has 0 saturated heterocycles. The lowest BCUT2D eigenvalue weighted by molar-refractivity contribution is 0.182. The van der Waals surface area contributed by atoms with Crippen molar-refractivity contribution in [1.29, 1.82) is 0 Å². The van der Waals surface area contributed by atoms with Crippen LogP contribution < -0.4 is 5.32 Å². The highest BCUT2D eigenvalue weighted by atomic mass is 79.9. The minimum absolute atomic E-state index is 0.0387. The standard InChI is InChI=1S/C14H19BrN4O/c1-10-4-5-11(8-17-10)13(16-2)14-12(15)9-18-19(14)6-7-20-3/h4-5,8-9,13,16H,6-7H2,1-3H3. The zero-order valence-corrected chi connectivity index (χ0v) is 13.5. The Labute approximate surface area is 127 Å². The first-order valence-corrected chi connectivity index (χ1v) is 7.26. The van der Waals surface area contributed by atoms with Crippen molar-refractivity contribution in [1.82, 2.24) is 20.1 Å². The van der Waals surface area contributed by atoms with E-state index in [0.717, 1.165) is 28.0 Å². The van der Waals surface area contributed by atoms with Crippen LogP contribution in [0.2, 0.25) is 0 Å². The molecular weight excluding hydrogens is 320 g/mol. The van der Waals surface area contributed by atoms with E-state index in [1.807, 2.05) is 37.1 Å². The third-order valence-corrected chi connectivity index (χ3v) is 3.78. The molecular formula is C14H19BrN4O. The quantitative estimate of drug-likeness (QED) is 0.878. The van der Waals surface area contributed by atoms with Gasteiger partial charge in [-0.2, -0.15) is 5.10 Å². The molecule has 20 heavy (non-hydrogen) atoms. The van der Waals surface area contributed by atoms with E-state index in [2.05, 4.69) is 37.4 Å². The van der Waals surface area contributed by atoms with Crippen molar-refractivity contribution >= 4 is 15.9 Å². The number of ether oxygens (including phenoxy) is 1. The fourth-order valence-corrected chi connectivity index (χ4v) is 2.65. The fraction of sp³-hybridized carbons (Fsp3) is 0.429. The SMILES string of the molecule is CNC(c1ccc(C)nc1)c1c(Br)cnn1CCOC. The van der Waals surface area contributed by atoms with Crippen LogP contribution in [0.4, 0.5) is 0 Å². The number of aromatic nitrogens is 3. The van der Waals surface area contributed by atoms with E-state index in [0.29, 0.717) is 6.61 Å². The molecule has 2 heterocycles. The predicted octanol–water partition coefficient (Wildman–Crippen LogP) is 2.30. The second-order valence-corrected chi connectivity index (χ2v) is 5.40. The van der Waals surface area contributed by atoms with Crippen molar-refractivity contribution in [2.24, 2.45) is 0 Å². The van der Waals surface area contributed by atoms with Crippen LogP contribution in [0.1, 0.15) is 23.0 Å². The maximum atomic E-state index is 5.14. The topological polar surface area (TPSA) is 52.0 Å². The van der Waals surface area contributed by atoms with Crippen LogP contribution in [0.15, 0.2) is 29.0 Å². The zero-order valence-electron chi connectivity index (χ0n) is 11.9. The summed E-state index contributed by atoms with van der Waals surface area (Å²) in [4.78, 5) is 4.37. The first-order chi connectivity index (χ1) is 9.67. The first-order valence-electron chi connectivity index (χ1n) is 6.47. The van der Waals surface area contributed by atoms with Crippen LogP contribution in [-0.2, 0) is 11.3 Å². The zero-order chi connectivity index (χ0) is 14.5. The molecule has 0 aromatic carbocycles. The molecule has 5 nitrogen and oxygen atoms in total. The molecule has 0 aliphatic carbocycles. The smallest absolute Gasteiger partial charge is 0.0772 e. The second kappa shape index (κ2) is 6.97. The third-order valence-electron chi connectivity index (χ3n) is 3.17. The van der Waals surface area contributed by atoms with Gasteiger partial charge in [-0.1, -0.05) is 6.07 Å². The molecule has 108 valence electrons. The molecule has 2 rings (SSSR count). The number of hydrogen-bond acceptors (Lipinski definition) is 4. The molecule has 1 unspecified atom stereocenters. The molecule has 1 atom stereocenters. The summed E-state index contributed by atoms with van der Waals surface area (Å²) in [6, 6.07) is 4.14. The first kappa shape index (κ1) is 15.2. The molecule has 0 aliphatic rings. The molecule has 0 amide bonds. The van der Waals surface area contributed by atoms with E-state index in [9.17, 15) is 0 Å². The molecule has 0 aliphatic heterocycles. The number of methoxy groups -OCH3 is 1. The van der Waals surface area contributed by atoms with Crippen LogP contribution in [0.3, 0.4) is 0 Å². The fourth-order valence-electron chi connectivity index (χ4n) is 2.13. The average Bonchev–Trinajstić information content (AvgIpc) is 2.81. The van der Waals surface area contributed by atoms with Gasteiger partial charge in [-0.25, -0.2) is 0 Å². The Bertz CT molecular complexity index is 553. The normalized spacial score (nSPS) is 12.6. The summed E-state index contributed by atoms with van der Waals surface area (Å²) in [5.41, 5.74) is 3.20. The number of pyridine rings is 1. The van der Waals surface area contributed by atoms with E-state index >= 15 is 0 Å². The van der Waals surface area contributed by atoms with Crippen LogP contribution in [-0.4, -0.2) is 35.5 Å². The van der Waals surface area contributed by atoms with Crippen LogP contribution in [0.5, 0.6) is 0 Å². The van der Waals surface area contributed by atoms with Crippen LogP contribution >= 0.6 is 15.9 Å². The summed E-state index contributed by atoms with van der Waals surface area (Å²) in [5, 5.41) is 7.72. The Morgan fingerprint density at radius 2 is 2.20 bits per heavy atom.